The summed E-state index contributed by atoms with van der Waals surface area (Å²) >= 11 is 0. The summed E-state index contributed by atoms with van der Waals surface area (Å²) in [6.07, 6.45) is 0.440. The Morgan fingerprint density at radius 2 is 2.14 bits per heavy atom. The maximum atomic E-state index is 11.1. The van der Waals surface area contributed by atoms with E-state index in [0.717, 1.165) is 5.56 Å². The number of hydrogen-bond donors (Lipinski definition) is 1. The van der Waals surface area contributed by atoms with E-state index < -0.39 is 12.0 Å². The molecule has 2 N–H and O–H groups in total. The summed E-state index contributed by atoms with van der Waals surface area (Å²) in [4.78, 5) is 15.4. The second-order valence-electron chi connectivity index (χ2n) is 2.84. The first-order valence-electron chi connectivity index (χ1n) is 4.20. The zero-order valence-corrected chi connectivity index (χ0v) is 7.72. The van der Waals surface area contributed by atoms with E-state index in [4.69, 9.17) is 5.73 Å². The molecule has 0 saturated heterocycles. The van der Waals surface area contributed by atoms with Crippen LogP contribution in [0.4, 0.5) is 0 Å². The highest BCUT2D eigenvalue weighted by Gasteiger charge is 2.15. The molecule has 1 aromatic rings. The van der Waals surface area contributed by atoms with Crippen molar-refractivity contribution in [3.8, 4) is 0 Å². The Labute approximate surface area is 82.4 Å². The zero-order chi connectivity index (χ0) is 10.4. The normalized spacial score (nSPS) is 11.8. The van der Waals surface area contributed by atoms with E-state index in [2.05, 4.69) is 16.7 Å². The lowest BCUT2D eigenvalue weighted by Gasteiger charge is -2.07. The minimum absolute atomic E-state index is 0.440. The summed E-state index contributed by atoms with van der Waals surface area (Å²) in [6, 6.07) is 8.78. The van der Waals surface area contributed by atoms with Crippen LogP contribution in [0.15, 0.2) is 35.5 Å². The molecule has 0 saturated carbocycles. The fraction of sp³-hybridized carbons (Fsp3) is 0.200. The van der Waals surface area contributed by atoms with E-state index in [1.165, 1.54) is 0 Å². The largest absolute Gasteiger partial charge is 0.351 e. The first kappa shape index (κ1) is 10.4. The number of benzene rings is 1. The molecule has 0 spiro atoms. The van der Waals surface area contributed by atoms with Crippen molar-refractivity contribution < 1.29 is 9.63 Å². The molecule has 0 fully saturated rings. The minimum atomic E-state index is -0.692. The van der Waals surface area contributed by atoms with Gasteiger partial charge >= 0.3 is 5.97 Å². The second kappa shape index (κ2) is 5.14. The number of carbonyl (C=O) groups is 1. The fourth-order valence-electron chi connectivity index (χ4n) is 1.08. The van der Waals surface area contributed by atoms with Crippen LogP contribution >= 0.6 is 0 Å². The topological polar surface area (TPSA) is 64.7 Å². The van der Waals surface area contributed by atoms with E-state index in [1.807, 2.05) is 30.3 Å². The van der Waals surface area contributed by atoms with Crippen molar-refractivity contribution in [2.45, 2.75) is 12.5 Å². The van der Waals surface area contributed by atoms with E-state index in [0.29, 0.717) is 6.42 Å². The van der Waals surface area contributed by atoms with Crippen LogP contribution in [0, 0.1) is 0 Å². The van der Waals surface area contributed by atoms with E-state index in [-0.39, 0.29) is 0 Å². The van der Waals surface area contributed by atoms with Crippen molar-refractivity contribution in [2.75, 3.05) is 0 Å². The van der Waals surface area contributed by atoms with Crippen LogP contribution < -0.4 is 5.73 Å². The molecular formula is C10H12N2O2. The van der Waals surface area contributed by atoms with Gasteiger partial charge in [-0.25, -0.2) is 4.79 Å². The Kier molecular flexibility index (Phi) is 3.82. The van der Waals surface area contributed by atoms with Crippen LogP contribution in [-0.4, -0.2) is 18.7 Å². The summed E-state index contributed by atoms with van der Waals surface area (Å²) in [5.74, 6) is -0.566. The Balaban J connectivity index is 2.52. The van der Waals surface area contributed by atoms with Crippen LogP contribution in [0.2, 0.25) is 0 Å². The summed E-state index contributed by atoms with van der Waals surface area (Å²) in [6.45, 7) is 3.04. The molecule has 14 heavy (non-hydrogen) atoms. The van der Waals surface area contributed by atoms with Gasteiger partial charge in [0.1, 0.15) is 6.04 Å². The first-order valence-corrected chi connectivity index (χ1v) is 4.20. The molecule has 74 valence electrons. The van der Waals surface area contributed by atoms with Gasteiger partial charge in [0.05, 0.1) is 0 Å². The maximum absolute atomic E-state index is 11.1. The zero-order valence-electron chi connectivity index (χ0n) is 7.72. The predicted octanol–water partition coefficient (Wildman–Crippen LogP) is 0.715. The van der Waals surface area contributed by atoms with Gasteiger partial charge in [-0.05, 0) is 12.0 Å². The number of oxime groups is 1. The third kappa shape index (κ3) is 2.99. The highest BCUT2D eigenvalue weighted by molar-refractivity contribution is 5.75. The first-order chi connectivity index (χ1) is 6.74. The molecule has 4 heteroatoms. The van der Waals surface area contributed by atoms with Crippen molar-refractivity contribution >= 4 is 12.7 Å². The highest BCUT2D eigenvalue weighted by Crippen LogP contribution is 2.02. The monoisotopic (exact) mass is 192 g/mol. The van der Waals surface area contributed by atoms with Crippen molar-refractivity contribution in [3.63, 3.8) is 0 Å². The molecule has 1 atom stereocenters. The summed E-state index contributed by atoms with van der Waals surface area (Å²) < 4.78 is 0. The second-order valence-corrected chi connectivity index (χ2v) is 2.84. The summed E-state index contributed by atoms with van der Waals surface area (Å²) in [7, 11) is 0. The molecule has 0 aliphatic heterocycles. The minimum Gasteiger partial charge on any atom is -0.318 e. The van der Waals surface area contributed by atoms with E-state index in [1.54, 1.807) is 0 Å². The Morgan fingerprint density at radius 3 is 2.71 bits per heavy atom. The maximum Gasteiger partial charge on any atom is 0.351 e. The fourth-order valence-corrected chi connectivity index (χ4v) is 1.08. The van der Waals surface area contributed by atoms with Crippen LogP contribution in [0.1, 0.15) is 5.56 Å². The quantitative estimate of drug-likeness (QED) is 0.434. The van der Waals surface area contributed by atoms with Gasteiger partial charge in [0, 0.05) is 6.72 Å². The molecular weight excluding hydrogens is 180 g/mol. The van der Waals surface area contributed by atoms with Gasteiger partial charge in [-0.3, -0.25) is 0 Å². The predicted molar refractivity (Wildman–Crippen MR) is 53.8 cm³/mol. The number of nitrogens with two attached hydrogens (primary N) is 1. The lowest BCUT2D eigenvalue weighted by molar-refractivity contribution is -0.145. The number of hydrogen-bond acceptors (Lipinski definition) is 4. The molecule has 0 bridgehead atoms. The molecule has 0 aliphatic carbocycles. The van der Waals surface area contributed by atoms with Gasteiger partial charge in [-0.15, -0.1) is 0 Å². The van der Waals surface area contributed by atoms with Crippen molar-refractivity contribution in [1.82, 2.24) is 0 Å². The van der Waals surface area contributed by atoms with Crippen LogP contribution in [0.5, 0.6) is 0 Å². The Hall–Kier alpha value is -1.68. The highest BCUT2D eigenvalue weighted by atomic mass is 16.7. The van der Waals surface area contributed by atoms with Crippen LogP contribution in [0.25, 0.3) is 0 Å². The Bertz CT molecular complexity index is 311. The molecule has 0 amide bonds. The van der Waals surface area contributed by atoms with Gasteiger partial charge in [-0.1, -0.05) is 35.5 Å². The number of carbonyl (C=O) groups excluding carboxylic acids is 1. The number of nitrogens with zero attached hydrogens (tertiary/aromatic N) is 1. The van der Waals surface area contributed by atoms with Gasteiger partial charge in [0.15, 0.2) is 0 Å². The number of rotatable bonds is 4. The Morgan fingerprint density at radius 1 is 1.50 bits per heavy atom. The molecule has 0 aromatic heterocycles. The average molecular weight is 192 g/mol. The lowest BCUT2D eigenvalue weighted by Crippen LogP contribution is -2.33. The molecule has 0 heterocycles. The molecule has 4 nitrogen and oxygen atoms in total. The average Bonchev–Trinajstić information content (AvgIpc) is 2.19. The summed E-state index contributed by atoms with van der Waals surface area (Å²) in [5.41, 5.74) is 6.56. The van der Waals surface area contributed by atoms with Crippen molar-refractivity contribution in [2.24, 2.45) is 10.9 Å². The smallest absolute Gasteiger partial charge is 0.318 e. The van der Waals surface area contributed by atoms with Crippen molar-refractivity contribution in [3.05, 3.63) is 35.9 Å². The molecule has 0 radical (unpaired) electrons. The third-order valence-corrected chi connectivity index (χ3v) is 1.76. The lowest BCUT2D eigenvalue weighted by atomic mass is 10.1. The molecule has 1 aromatic carbocycles. The van der Waals surface area contributed by atoms with Gasteiger partial charge in [0.2, 0.25) is 0 Å². The standard InChI is InChI=1S/C10H12N2O2/c1-12-14-10(13)9(11)7-8-5-3-2-4-6-8/h2-6,9H,1,7,11H2. The van der Waals surface area contributed by atoms with Crippen LogP contribution in [0.3, 0.4) is 0 Å². The van der Waals surface area contributed by atoms with Gasteiger partial charge in [-0.2, -0.15) is 0 Å². The molecule has 1 rings (SSSR count). The van der Waals surface area contributed by atoms with Gasteiger partial charge in [0.25, 0.3) is 0 Å². The van der Waals surface area contributed by atoms with Gasteiger partial charge < -0.3 is 10.6 Å². The summed E-state index contributed by atoms with van der Waals surface area (Å²) in [5, 5.41) is 3.02. The molecule has 1 unspecified atom stereocenters. The SMILES string of the molecule is C=NOC(=O)C(N)Cc1ccccc1. The van der Waals surface area contributed by atoms with Crippen molar-refractivity contribution in [1.29, 1.82) is 0 Å². The molecule has 0 aliphatic rings. The van der Waals surface area contributed by atoms with Crippen LogP contribution in [-0.2, 0) is 16.1 Å². The van der Waals surface area contributed by atoms with E-state index in [9.17, 15) is 4.79 Å². The third-order valence-electron chi connectivity index (χ3n) is 1.76. The van der Waals surface area contributed by atoms with E-state index >= 15 is 0 Å².